The molecule has 0 saturated carbocycles. The molecular weight excluding hydrogens is 310 g/mol. The molecule has 1 spiro atoms. The Balaban J connectivity index is 1.50. The van der Waals surface area contributed by atoms with E-state index in [0.717, 1.165) is 5.76 Å². The van der Waals surface area contributed by atoms with Gasteiger partial charge in [-0.1, -0.05) is 0 Å². The van der Waals surface area contributed by atoms with E-state index in [1.165, 1.54) is 0 Å². The Labute approximate surface area is 140 Å². The van der Waals surface area contributed by atoms with Crippen molar-refractivity contribution in [3.05, 3.63) is 29.7 Å². The third kappa shape index (κ3) is 2.63. The molecule has 128 valence electrons. The number of carbonyl (C=O) groups is 1. The smallest absolute Gasteiger partial charge is 0.272 e. The zero-order valence-corrected chi connectivity index (χ0v) is 13.9. The number of nitrogens with zero attached hydrogens (tertiary/aromatic N) is 3. The highest BCUT2D eigenvalue weighted by Gasteiger charge is 2.41. The molecule has 2 aromatic rings. The molecule has 2 saturated heterocycles. The molecule has 0 aliphatic carbocycles. The van der Waals surface area contributed by atoms with Crippen LogP contribution in [0.25, 0.3) is 11.5 Å². The van der Waals surface area contributed by atoms with Gasteiger partial charge in [0.1, 0.15) is 17.1 Å². The van der Waals surface area contributed by atoms with Crippen molar-refractivity contribution in [3.8, 4) is 11.5 Å². The lowest BCUT2D eigenvalue weighted by Gasteiger charge is -2.37. The first-order valence-corrected chi connectivity index (χ1v) is 8.24. The van der Waals surface area contributed by atoms with Gasteiger partial charge in [-0.15, -0.1) is 0 Å². The van der Waals surface area contributed by atoms with Gasteiger partial charge < -0.3 is 18.8 Å². The SMILES string of the molecule is Cc1ccc(-c2cc(C(=O)N3CCC4(CC3)OCCO4)n(C)n2)o1. The second kappa shape index (κ2) is 5.75. The third-order valence-corrected chi connectivity index (χ3v) is 4.72. The van der Waals surface area contributed by atoms with Crippen molar-refractivity contribution in [1.29, 1.82) is 0 Å². The van der Waals surface area contributed by atoms with Crippen LogP contribution in [-0.4, -0.2) is 52.7 Å². The van der Waals surface area contributed by atoms with Gasteiger partial charge in [-0.3, -0.25) is 9.48 Å². The second-order valence-corrected chi connectivity index (χ2v) is 6.35. The highest BCUT2D eigenvalue weighted by molar-refractivity contribution is 5.93. The van der Waals surface area contributed by atoms with E-state index in [0.29, 0.717) is 56.3 Å². The van der Waals surface area contributed by atoms with Gasteiger partial charge in [0.05, 0.1) is 13.2 Å². The summed E-state index contributed by atoms with van der Waals surface area (Å²) in [6.07, 6.45) is 1.42. The van der Waals surface area contributed by atoms with Crippen LogP contribution in [0.2, 0.25) is 0 Å². The van der Waals surface area contributed by atoms with Crippen LogP contribution in [0.3, 0.4) is 0 Å². The maximum atomic E-state index is 12.8. The van der Waals surface area contributed by atoms with E-state index in [1.54, 1.807) is 17.8 Å². The van der Waals surface area contributed by atoms with E-state index >= 15 is 0 Å². The Morgan fingerprint density at radius 2 is 1.92 bits per heavy atom. The van der Waals surface area contributed by atoms with Gasteiger partial charge in [-0.25, -0.2) is 0 Å². The molecule has 0 N–H and O–H groups in total. The van der Waals surface area contributed by atoms with Crippen LogP contribution in [0.4, 0.5) is 0 Å². The molecule has 4 rings (SSSR count). The molecular formula is C17H21N3O4. The van der Waals surface area contributed by atoms with E-state index in [1.807, 2.05) is 24.0 Å². The maximum absolute atomic E-state index is 12.8. The minimum atomic E-state index is -0.472. The number of likely N-dealkylation sites (tertiary alicyclic amines) is 1. The molecule has 1 amide bonds. The van der Waals surface area contributed by atoms with Gasteiger partial charge in [-0.2, -0.15) is 5.10 Å². The number of piperidine rings is 1. The zero-order valence-electron chi connectivity index (χ0n) is 13.9. The first-order valence-electron chi connectivity index (χ1n) is 8.24. The topological polar surface area (TPSA) is 69.7 Å². The van der Waals surface area contributed by atoms with Crippen LogP contribution in [0, 0.1) is 6.92 Å². The van der Waals surface area contributed by atoms with Crippen molar-refractivity contribution in [1.82, 2.24) is 14.7 Å². The summed E-state index contributed by atoms with van der Waals surface area (Å²) in [5.74, 6) is 1.00. The Bertz CT molecular complexity index is 748. The van der Waals surface area contributed by atoms with Crippen LogP contribution in [0.1, 0.15) is 29.1 Å². The quantitative estimate of drug-likeness (QED) is 0.841. The number of ether oxygens (including phenoxy) is 2. The summed E-state index contributed by atoms with van der Waals surface area (Å²) < 4.78 is 18.6. The largest absolute Gasteiger partial charge is 0.460 e. The Morgan fingerprint density at radius 3 is 2.54 bits per heavy atom. The number of hydrogen-bond acceptors (Lipinski definition) is 5. The summed E-state index contributed by atoms with van der Waals surface area (Å²) in [4.78, 5) is 14.7. The first kappa shape index (κ1) is 15.4. The molecule has 0 radical (unpaired) electrons. The lowest BCUT2D eigenvalue weighted by Crippen LogP contribution is -2.47. The fourth-order valence-corrected chi connectivity index (χ4v) is 3.36. The molecule has 4 heterocycles. The minimum Gasteiger partial charge on any atom is -0.460 e. The Kier molecular flexibility index (Phi) is 3.69. The monoisotopic (exact) mass is 331 g/mol. The molecule has 2 aromatic heterocycles. The van der Waals surface area contributed by atoms with Gasteiger partial charge >= 0.3 is 0 Å². The molecule has 2 aliphatic rings. The number of furan rings is 1. The molecule has 0 unspecified atom stereocenters. The summed E-state index contributed by atoms with van der Waals surface area (Å²) >= 11 is 0. The van der Waals surface area contributed by atoms with Crippen LogP contribution in [-0.2, 0) is 16.5 Å². The lowest BCUT2D eigenvalue weighted by atomic mass is 10.0. The summed E-state index contributed by atoms with van der Waals surface area (Å²) in [7, 11) is 1.78. The van der Waals surface area contributed by atoms with Crippen LogP contribution in [0.5, 0.6) is 0 Å². The van der Waals surface area contributed by atoms with Crippen molar-refractivity contribution in [2.24, 2.45) is 7.05 Å². The molecule has 24 heavy (non-hydrogen) atoms. The van der Waals surface area contributed by atoms with Crippen LogP contribution >= 0.6 is 0 Å². The predicted molar refractivity (Wildman–Crippen MR) is 85.4 cm³/mol. The summed E-state index contributed by atoms with van der Waals surface area (Å²) in [6.45, 7) is 4.41. The lowest BCUT2D eigenvalue weighted by molar-refractivity contribution is -0.181. The van der Waals surface area contributed by atoms with Crippen LogP contribution in [0.15, 0.2) is 22.6 Å². The summed E-state index contributed by atoms with van der Waals surface area (Å²) in [5, 5.41) is 4.41. The fraction of sp³-hybridized carbons (Fsp3) is 0.529. The van der Waals surface area contributed by atoms with E-state index in [-0.39, 0.29) is 5.91 Å². The fourth-order valence-electron chi connectivity index (χ4n) is 3.36. The molecule has 0 aromatic carbocycles. The molecule has 2 fully saturated rings. The van der Waals surface area contributed by atoms with Crippen molar-refractivity contribution < 1.29 is 18.7 Å². The van der Waals surface area contributed by atoms with E-state index in [2.05, 4.69) is 5.10 Å². The first-order chi connectivity index (χ1) is 11.6. The normalized spacial score (nSPS) is 20.0. The molecule has 7 heteroatoms. The average molecular weight is 331 g/mol. The summed E-state index contributed by atoms with van der Waals surface area (Å²) in [6, 6.07) is 5.54. The number of aryl methyl sites for hydroxylation is 2. The Morgan fingerprint density at radius 1 is 1.21 bits per heavy atom. The highest BCUT2D eigenvalue weighted by Crippen LogP contribution is 2.32. The van der Waals surface area contributed by atoms with Gasteiger partial charge in [0.25, 0.3) is 5.91 Å². The summed E-state index contributed by atoms with van der Waals surface area (Å²) in [5.41, 5.74) is 1.23. The average Bonchev–Trinajstić information content (AvgIpc) is 3.28. The number of amides is 1. The second-order valence-electron chi connectivity index (χ2n) is 6.35. The van der Waals surface area contributed by atoms with E-state index < -0.39 is 5.79 Å². The number of aromatic nitrogens is 2. The minimum absolute atomic E-state index is 0.0209. The van der Waals surface area contributed by atoms with E-state index in [9.17, 15) is 4.79 Å². The van der Waals surface area contributed by atoms with Gasteiger partial charge in [0, 0.05) is 39.0 Å². The van der Waals surface area contributed by atoms with Crippen molar-refractivity contribution in [2.45, 2.75) is 25.6 Å². The number of rotatable bonds is 2. The van der Waals surface area contributed by atoms with Gasteiger partial charge in [0.15, 0.2) is 11.5 Å². The molecule has 2 aliphatic heterocycles. The molecule has 0 atom stereocenters. The van der Waals surface area contributed by atoms with Gasteiger partial charge in [0.2, 0.25) is 0 Å². The van der Waals surface area contributed by atoms with Crippen molar-refractivity contribution in [2.75, 3.05) is 26.3 Å². The van der Waals surface area contributed by atoms with Crippen LogP contribution < -0.4 is 0 Å². The number of carbonyl (C=O) groups excluding carboxylic acids is 1. The van der Waals surface area contributed by atoms with Gasteiger partial charge in [-0.05, 0) is 19.1 Å². The third-order valence-electron chi connectivity index (χ3n) is 4.72. The highest BCUT2D eigenvalue weighted by atomic mass is 16.7. The molecule has 0 bridgehead atoms. The standard InChI is InChI=1S/C17H21N3O4/c1-12-3-4-15(24-12)13-11-14(19(2)18-13)16(21)20-7-5-17(6-8-20)22-9-10-23-17/h3-4,11H,5-10H2,1-2H3. The Hall–Kier alpha value is -2.12. The predicted octanol–water partition coefficient (Wildman–Crippen LogP) is 1.97. The zero-order chi connectivity index (χ0) is 16.7. The molecule has 7 nitrogen and oxygen atoms in total. The van der Waals surface area contributed by atoms with Crippen molar-refractivity contribution >= 4 is 5.91 Å². The van der Waals surface area contributed by atoms with E-state index in [4.69, 9.17) is 13.9 Å². The van der Waals surface area contributed by atoms with Crippen molar-refractivity contribution in [3.63, 3.8) is 0 Å². The maximum Gasteiger partial charge on any atom is 0.272 e. The number of hydrogen-bond donors (Lipinski definition) is 0.